The van der Waals surface area contributed by atoms with Crippen LogP contribution in [0, 0.1) is 15.9 Å². The number of ether oxygens (including phenoxy) is 1. The van der Waals surface area contributed by atoms with Crippen LogP contribution in [0.4, 0.5) is 10.1 Å². The number of hydrogen-bond acceptors (Lipinski definition) is 5. The van der Waals surface area contributed by atoms with Crippen molar-refractivity contribution in [2.45, 2.75) is 0 Å². The molecule has 7 nitrogen and oxygen atoms in total. The van der Waals surface area contributed by atoms with Gasteiger partial charge in [0.25, 0.3) is 0 Å². The van der Waals surface area contributed by atoms with Crippen molar-refractivity contribution in [1.29, 1.82) is 0 Å². The van der Waals surface area contributed by atoms with E-state index in [9.17, 15) is 19.3 Å². The topological polar surface area (TPSA) is 103 Å². The first-order chi connectivity index (χ1) is 9.90. The highest BCUT2D eigenvalue weighted by molar-refractivity contribution is 6.34. The van der Waals surface area contributed by atoms with Crippen molar-refractivity contribution in [1.82, 2.24) is 4.98 Å². The molecule has 2 aromatic rings. The van der Waals surface area contributed by atoms with Gasteiger partial charge in [-0.2, -0.15) is 0 Å². The van der Waals surface area contributed by atoms with Crippen LogP contribution in [0.25, 0.3) is 0 Å². The summed E-state index contributed by atoms with van der Waals surface area (Å²) >= 11 is 5.79. The number of nitro groups is 1. The molecule has 2 rings (SSSR count). The number of halogens is 2. The Morgan fingerprint density at radius 3 is 2.76 bits per heavy atom. The average molecular weight is 313 g/mol. The summed E-state index contributed by atoms with van der Waals surface area (Å²) in [4.78, 5) is 24.7. The number of aromatic nitrogens is 1. The quantitative estimate of drug-likeness (QED) is 0.686. The summed E-state index contributed by atoms with van der Waals surface area (Å²) in [6.07, 6.45) is 1.11. The van der Waals surface area contributed by atoms with Crippen molar-refractivity contribution in [3.05, 3.63) is 57.0 Å². The number of rotatable bonds is 4. The first kappa shape index (κ1) is 14.7. The van der Waals surface area contributed by atoms with Crippen molar-refractivity contribution >= 4 is 23.3 Å². The van der Waals surface area contributed by atoms with E-state index in [4.69, 9.17) is 21.4 Å². The fourth-order valence-corrected chi connectivity index (χ4v) is 1.72. The molecule has 0 saturated carbocycles. The molecule has 0 fully saturated rings. The van der Waals surface area contributed by atoms with Gasteiger partial charge in [-0.15, -0.1) is 0 Å². The summed E-state index contributed by atoms with van der Waals surface area (Å²) in [5.41, 5.74) is -0.796. The first-order valence-electron chi connectivity index (χ1n) is 5.39. The SMILES string of the molecule is O=C(O)c1ccnc(Oc2cc(F)ccc2[N+](=O)[O-])c1Cl. The molecular formula is C12H6ClFN2O5. The Bertz CT molecular complexity index is 738. The second-order valence-corrected chi connectivity index (χ2v) is 4.13. The van der Waals surface area contributed by atoms with Gasteiger partial charge >= 0.3 is 11.7 Å². The van der Waals surface area contributed by atoms with Gasteiger partial charge in [0.1, 0.15) is 10.8 Å². The van der Waals surface area contributed by atoms with Gasteiger partial charge in [-0.3, -0.25) is 10.1 Å². The largest absolute Gasteiger partial charge is 0.478 e. The standard InChI is InChI=1S/C12H6ClFN2O5/c13-10-7(12(17)18)3-4-15-11(10)21-9-5-6(14)1-2-8(9)16(19)20/h1-5H,(H,17,18). The molecule has 108 valence electrons. The smallest absolute Gasteiger partial charge is 0.337 e. The Morgan fingerprint density at radius 1 is 1.43 bits per heavy atom. The van der Waals surface area contributed by atoms with Gasteiger partial charge in [0, 0.05) is 18.3 Å². The van der Waals surface area contributed by atoms with E-state index < -0.39 is 28.1 Å². The fraction of sp³-hybridized carbons (Fsp3) is 0. The molecule has 9 heteroatoms. The van der Waals surface area contributed by atoms with E-state index in [0.29, 0.717) is 0 Å². The molecule has 1 aromatic carbocycles. The number of pyridine rings is 1. The predicted molar refractivity (Wildman–Crippen MR) is 69.3 cm³/mol. The molecule has 0 aliphatic rings. The van der Waals surface area contributed by atoms with Crippen LogP contribution in [-0.4, -0.2) is 21.0 Å². The van der Waals surface area contributed by atoms with Crippen molar-refractivity contribution < 1.29 is 24.0 Å². The Morgan fingerprint density at radius 2 is 2.14 bits per heavy atom. The van der Waals surface area contributed by atoms with E-state index >= 15 is 0 Å². The molecule has 0 unspecified atom stereocenters. The number of hydrogen-bond donors (Lipinski definition) is 1. The molecule has 0 amide bonds. The lowest BCUT2D eigenvalue weighted by atomic mass is 10.2. The zero-order valence-electron chi connectivity index (χ0n) is 10.1. The van der Waals surface area contributed by atoms with Crippen LogP contribution in [0.3, 0.4) is 0 Å². The van der Waals surface area contributed by atoms with Crippen LogP contribution in [0.2, 0.25) is 5.02 Å². The molecule has 1 heterocycles. The average Bonchev–Trinajstić information content (AvgIpc) is 2.40. The second kappa shape index (κ2) is 5.71. The summed E-state index contributed by atoms with van der Waals surface area (Å²) in [6.45, 7) is 0. The minimum Gasteiger partial charge on any atom is -0.478 e. The zero-order chi connectivity index (χ0) is 15.6. The van der Waals surface area contributed by atoms with Crippen molar-refractivity contribution in [3.8, 4) is 11.6 Å². The normalized spacial score (nSPS) is 10.2. The van der Waals surface area contributed by atoms with Crippen LogP contribution >= 0.6 is 11.6 Å². The molecule has 1 aromatic heterocycles. The summed E-state index contributed by atoms with van der Waals surface area (Å²) in [7, 11) is 0. The molecule has 0 aliphatic heterocycles. The van der Waals surface area contributed by atoms with Crippen molar-refractivity contribution in [2.24, 2.45) is 0 Å². The van der Waals surface area contributed by atoms with Gasteiger partial charge in [-0.05, 0) is 12.1 Å². The maximum Gasteiger partial charge on any atom is 0.337 e. The maximum atomic E-state index is 13.2. The lowest BCUT2D eigenvalue weighted by Gasteiger charge is -2.08. The van der Waals surface area contributed by atoms with Gasteiger partial charge in [0.15, 0.2) is 0 Å². The number of carbonyl (C=O) groups is 1. The molecule has 0 aliphatic carbocycles. The maximum absolute atomic E-state index is 13.2. The van der Waals surface area contributed by atoms with Gasteiger partial charge in [0.2, 0.25) is 11.6 Å². The summed E-state index contributed by atoms with van der Waals surface area (Å²) in [6, 6.07) is 3.73. The van der Waals surface area contributed by atoms with Crippen LogP contribution in [-0.2, 0) is 0 Å². The lowest BCUT2D eigenvalue weighted by molar-refractivity contribution is -0.385. The number of nitro benzene ring substituents is 1. The van der Waals surface area contributed by atoms with E-state index in [2.05, 4.69) is 4.98 Å². The van der Waals surface area contributed by atoms with E-state index in [1.54, 1.807) is 0 Å². The number of nitrogens with zero attached hydrogens (tertiary/aromatic N) is 2. The summed E-state index contributed by atoms with van der Waals surface area (Å²) in [5, 5.41) is 19.4. The van der Waals surface area contributed by atoms with E-state index in [-0.39, 0.29) is 16.5 Å². The molecule has 0 bridgehead atoms. The van der Waals surface area contributed by atoms with E-state index in [1.165, 1.54) is 0 Å². The van der Waals surface area contributed by atoms with Crippen LogP contribution in [0.1, 0.15) is 10.4 Å². The number of carboxylic acid groups (broad SMARTS) is 1. The Labute approximate surface area is 121 Å². The Hall–Kier alpha value is -2.74. The van der Waals surface area contributed by atoms with Gasteiger partial charge in [0.05, 0.1) is 10.5 Å². The van der Waals surface area contributed by atoms with Crippen LogP contribution < -0.4 is 4.74 Å². The number of aromatic carboxylic acids is 1. The van der Waals surface area contributed by atoms with Gasteiger partial charge in [-0.1, -0.05) is 11.6 Å². The van der Waals surface area contributed by atoms with Gasteiger partial charge in [-0.25, -0.2) is 14.2 Å². The van der Waals surface area contributed by atoms with Crippen LogP contribution in [0.15, 0.2) is 30.5 Å². The third kappa shape index (κ3) is 3.06. The minimum atomic E-state index is -1.32. The van der Waals surface area contributed by atoms with Gasteiger partial charge < -0.3 is 9.84 Å². The van der Waals surface area contributed by atoms with Crippen LogP contribution in [0.5, 0.6) is 11.6 Å². The molecule has 0 spiro atoms. The highest BCUT2D eigenvalue weighted by Gasteiger charge is 2.20. The summed E-state index contributed by atoms with van der Waals surface area (Å²) in [5.74, 6) is -2.88. The molecule has 21 heavy (non-hydrogen) atoms. The first-order valence-corrected chi connectivity index (χ1v) is 5.77. The molecule has 1 N–H and O–H groups in total. The third-order valence-electron chi connectivity index (χ3n) is 2.41. The highest BCUT2D eigenvalue weighted by Crippen LogP contribution is 2.35. The Balaban J connectivity index is 2.48. The summed E-state index contributed by atoms with van der Waals surface area (Å²) < 4.78 is 18.3. The van der Waals surface area contributed by atoms with E-state index in [1.807, 2.05) is 0 Å². The number of benzene rings is 1. The molecular weight excluding hydrogens is 307 g/mol. The molecule has 0 saturated heterocycles. The van der Waals surface area contributed by atoms with E-state index in [0.717, 1.165) is 30.5 Å². The third-order valence-corrected chi connectivity index (χ3v) is 2.78. The fourth-order valence-electron chi connectivity index (χ4n) is 1.49. The highest BCUT2D eigenvalue weighted by atomic mass is 35.5. The van der Waals surface area contributed by atoms with Crippen molar-refractivity contribution in [2.75, 3.05) is 0 Å². The Kier molecular flexibility index (Phi) is 3.99. The molecule has 0 atom stereocenters. The monoisotopic (exact) mass is 312 g/mol. The minimum absolute atomic E-state index is 0.291. The second-order valence-electron chi connectivity index (χ2n) is 3.75. The zero-order valence-corrected chi connectivity index (χ0v) is 10.9. The van der Waals surface area contributed by atoms with Crippen molar-refractivity contribution in [3.63, 3.8) is 0 Å². The number of carboxylic acids is 1. The lowest BCUT2D eigenvalue weighted by Crippen LogP contribution is -2.01. The predicted octanol–water partition coefficient (Wildman–Crippen LogP) is 3.27. The molecule has 0 radical (unpaired) electrons.